The van der Waals surface area contributed by atoms with Crippen LogP contribution in [0.15, 0.2) is 35.2 Å². The molecule has 1 aliphatic heterocycles. The Bertz CT molecular complexity index is 496. The van der Waals surface area contributed by atoms with E-state index in [9.17, 15) is 8.42 Å². The highest BCUT2D eigenvalue weighted by molar-refractivity contribution is 7.89. The van der Waals surface area contributed by atoms with Crippen molar-refractivity contribution in [3.05, 3.63) is 30.3 Å². The Labute approximate surface area is 102 Å². The van der Waals surface area contributed by atoms with Gasteiger partial charge in [0.25, 0.3) is 0 Å². The first-order valence-corrected chi connectivity index (χ1v) is 7.16. The molecule has 0 bridgehead atoms. The Hall–Kier alpha value is -1.20. The second-order valence-electron chi connectivity index (χ2n) is 4.40. The van der Waals surface area contributed by atoms with Gasteiger partial charge in [0.2, 0.25) is 10.0 Å². The van der Waals surface area contributed by atoms with E-state index >= 15 is 0 Å². The van der Waals surface area contributed by atoms with Crippen LogP contribution in [0.2, 0.25) is 0 Å². The van der Waals surface area contributed by atoms with Crippen molar-refractivity contribution < 1.29 is 13.0 Å². The van der Waals surface area contributed by atoms with E-state index in [-0.39, 0.29) is 0 Å². The van der Waals surface area contributed by atoms with Crippen molar-refractivity contribution in [3.63, 3.8) is 0 Å². The van der Waals surface area contributed by atoms with Crippen molar-refractivity contribution in [2.75, 3.05) is 19.6 Å². The van der Waals surface area contributed by atoms with E-state index in [1.165, 1.54) is 0 Å². The zero-order chi connectivity index (χ0) is 12.3. The molecule has 0 aliphatic carbocycles. The van der Waals surface area contributed by atoms with Gasteiger partial charge in [0.15, 0.2) is 0 Å². The van der Waals surface area contributed by atoms with Gasteiger partial charge < -0.3 is 0 Å². The van der Waals surface area contributed by atoms with Crippen LogP contribution in [0, 0.1) is 5.92 Å². The molecule has 2 rings (SSSR count). The van der Waals surface area contributed by atoms with Gasteiger partial charge in [0.05, 0.1) is 4.90 Å². The van der Waals surface area contributed by atoms with Crippen molar-refractivity contribution in [3.8, 4) is 0 Å². The summed E-state index contributed by atoms with van der Waals surface area (Å²) in [5, 5.41) is 0. The summed E-state index contributed by atoms with van der Waals surface area (Å²) in [6, 6.07) is 8.45. The van der Waals surface area contributed by atoms with Gasteiger partial charge >= 0.3 is 0 Å². The van der Waals surface area contributed by atoms with Crippen LogP contribution in [0.1, 0.15) is 6.42 Å². The Kier molecular flexibility index (Phi) is 3.59. The van der Waals surface area contributed by atoms with Crippen molar-refractivity contribution in [2.45, 2.75) is 11.3 Å². The first-order valence-electron chi connectivity index (χ1n) is 5.68. The molecule has 4 nitrogen and oxygen atoms in total. The van der Waals surface area contributed by atoms with E-state index in [1.807, 2.05) is 4.58 Å². The molecule has 1 N–H and O–H groups in total. The Morgan fingerprint density at radius 2 is 2.06 bits per heavy atom. The summed E-state index contributed by atoms with van der Waals surface area (Å²) in [5.74, 6) is 0.367. The average Bonchev–Trinajstić information content (AvgIpc) is 2.74. The highest BCUT2D eigenvalue weighted by Gasteiger charge is 2.25. The van der Waals surface area contributed by atoms with Gasteiger partial charge in [-0.1, -0.05) is 18.2 Å². The monoisotopic (exact) mass is 253 g/mol. The lowest BCUT2D eigenvalue weighted by atomic mass is 10.1. The minimum absolute atomic E-state index is 0.324. The lowest BCUT2D eigenvalue weighted by Gasteiger charge is -2.08. The van der Waals surface area contributed by atoms with Gasteiger partial charge in [-0.15, -0.1) is 0 Å². The molecule has 0 spiro atoms. The van der Waals surface area contributed by atoms with E-state index in [1.54, 1.807) is 30.3 Å². The third-order valence-corrected chi connectivity index (χ3v) is 4.42. The van der Waals surface area contributed by atoms with Crippen LogP contribution in [0.25, 0.3) is 0 Å². The van der Waals surface area contributed by atoms with Crippen LogP contribution < -0.4 is 4.72 Å². The summed E-state index contributed by atoms with van der Waals surface area (Å²) in [5.41, 5.74) is 0. The van der Waals surface area contributed by atoms with E-state index in [2.05, 4.69) is 11.4 Å². The van der Waals surface area contributed by atoms with Crippen molar-refractivity contribution >= 4 is 16.7 Å². The van der Waals surface area contributed by atoms with Crippen LogP contribution in [-0.4, -0.2) is 39.3 Å². The summed E-state index contributed by atoms with van der Waals surface area (Å²) in [4.78, 5) is 0.324. The van der Waals surface area contributed by atoms with Gasteiger partial charge in [0, 0.05) is 18.9 Å². The molecule has 1 atom stereocenters. The fourth-order valence-electron chi connectivity index (χ4n) is 1.99. The molecule has 1 aliphatic rings. The topological polar surface area (TPSA) is 49.2 Å². The second kappa shape index (κ2) is 4.98. The number of nitrogens with one attached hydrogen (secondary N) is 1. The maximum Gasteiger partial charge on any atom is 0.240 e. The molecular weight excluding hydrogens is 236 g/mol. The van der Waals surface area contributed by atoms with Gasteiger partial charge in [-0.2, -0.15) is 0 Å². The van der Waals surface area contributed by atoms with Crippen molar-refractivity contribution in [2.24, 2.45) is 5.92 Å². The molecule has 0 aromatic heterocycles. The predicted molar refractivity (Wildman–Crippen MR) is 66.9 cm³/mol. The quantitative estimate of drug-likeness (QED) is 0.803. The molecule has 1 aromatic carbocycles. The Balaban J connectivity index is 1.97. The van der Waals surface area contributed by atoms with Crippen LogP contribution >= 0.6 is 0 Å². The summed E-state index contributed by atoms with van der Waals surface area (Å²) in [7, 11) is -3.35. The smallest absolute Gasteiger partial charge is 0.240 e. The second-order valence-corrected chi connectivity index (χ2v) is 6.16. The number of nitrogens with zero attached hydrogens (tertiary/aromatic N) is 1. The molecule has 0 radical (unpaired) electrons. The fraction of sp³-hybridized carbons (Fsp3) is 0.417. The van der Waals surface area contributed by atoms with E-state index in [0.717, 1.165) is 19.5 Å². The lowest BCUT2D eigenvalue weighted by molar-refractivity contribution is -0.499. The number of sulfonamides is 1. The first-order chi connectivity index (χ1) is 8.08. The number of benzene rings is 1. The molecule has 0 amide bonds. The molecule has 1 aromatic rings. The van der Waals surface area contributed by atoms with E-state index in [4.69, 9.17) is 0 Å². The minimum Gasteiger partial charge on any atom is -0.242 e. The van der Waals surface area contributed by atoms with Crippen LogP contribution in [0.3, 0.4) is 0 Å². The van der Waals surface area contributed by atoms with E-state index in [0.29, 0.717) is 17.4 Å². The first kappa shape index (κ1) is 12.3. The normalized spacial score (nSPS) is 20.7. The molecule has 5 heteroatoms. The standard InChI is InChI=1S/C12H17N2O2S/c1-14-8-7-11(10-14)9-13-17(15,16)12-5-3-2-4-6-12/h2-6,11,13H,1,7-10H2/q+1. The summed E-state index contributed by atoms with van der Waals surface area (Å²) in [6.07, 6.45) is 1.00. The molecule has 0 saturated carbocycles. The van der Waals surface area contributed by atoms with E-state index < -0.39 is 10.0 Å². The van der Waals surface area contributed by atoms with Crippen molar-refractivity contribution in [1.29, 1.82) is 0 Å². The summed E-state index contributed by atoms with van der Waals surface area (Å²) < 4.78 is 28.5. The van der Waals surface area contributed by atoms with Gasteiger partial charge in [0.1, 0.15) is 19.8 Å². The molecule has 1 unspecified atom stereocenters. The maximum absolute atomic E-state index is 11.9. The molecular formula is C12H17N2O2S+. The average molecular weight is 253 g/mol. The highest BCUT2D eigenvalue weighted by atomic mass is 32.2. The molecule has 92 valence electrons. The Morgan fingerprint density at radius 1 is 1.35 bits per heavy atom. The van der Waals surface area contributed by atoms with Gasteiger partial charge in [-0.25, -0.2) is 17.7 Å². The van der Waals surface area contributed by atoms with Gasteiger partial charge in [-0.3, -0.25) is 0 Å². The molecule has 17 heavy (non-hydrogen) atoms. The predicted octanol–water partition coefficient (Wildman–Crippen LogP) is 0.698. The van der Waals surface area contributed by atoms with Crippen LogP contribution in [0.5, 0.6) is 0 Å². The van der Waals surface area contributed by atoms with Crippen LogP contribution in [-0.2, 0) is 10.0 Å². The number of hydrogen-bond donors (Lipinski definition) is 1. The molecule has 1 heterocycles. The highest BCUT2D eigenvalue weighted by Crippen LogP contribution is 2.12. The Morgan fingerprint density at radius 3 is 2.65 bits per heavy atom. The van der Waals surface area contributed by atoms with Crippen molar-refractivity contribution in [1.82, 2.24) is 4.72 Å². The van der Waals surface area contributed by atoms with Gasteiger partial charge in [-0.05, 0) is 12.1 Å². The number of hydrogen-bond acceptors (Lipinski definition) is 2. The zero-order valence-electron chi connectivity index (χ0n) is 9.67. The largest absolute Gasteiger partial charge is 0.242 e. The summed E-state index contributed by atoms with van der Waals surface area (Å²) in [6.45, 7) is 6.14. The zero-order valence-corrected chi connectivity index (χ0v) is 10.5. The summed E-state index contributed by atoms with van der Waals surface area (Å²) >= 11 is 0. The fourth-order valence-corrected chi connectivity index (χ4v) is 3.13. The third kappa shape index (κ3) is 3.14. The molecule has 1 saturated heterocycles. The SMILES string of the molecule is C=[N+]1CCC(CNS(=O)(=O)c2ccccc2)C1. The minimum atomic E-state index is -3.35. The number of rotatable bonds is 4. The lowest BCUT2D eigenvalue weighted by Crippen LogP contribution is -2.30. The molecule has 1 fully saturated rings. The van der Waals surface area contributed by atoms with Crippen LogP contribution in [0.4, 0.5) is 0 Å². The maximum atomic E-state index is 11.9. The third-order valence-electron chi connectivity index (χ3n) is 2.99.